The van der Waals surface area contributed by atoms with E-state index in [-0.39, 0.29) is 32.7 Å². The van der Waals surface area contributed by atoms with Gasteiger partial charge in [-0.2, -0.15) is 18.4 Å². The molecular weight excluding hydrogens is 368 g/mol. The first-order valence-corrected chi connectivity index (χ1v) is 6.97. The maximum atomic E-state index is 12.7. The molecule has 2 aromatic carbocycles. The van der Waals surface area contributed by atoms with Crippen LogP contribution in [0, 0.1) is 11.3 Å². The van der Waals surface area contributed by atoms with E-state index in [4.69, 9.17) is 38.4 Å². The van der Waals surface area contributed by atoms with Gasteiger partial charge in [-0.15, -0.1) is 0 Å². The lowest BCUT2D eigenvalue weighted by Gasteiger charge is -2.13. The van der Waals surface area contributed by atoms with Gasteiger partial charge < -0.3 is 9.94 Å². The second kappa shape index (κ2) is 6.99. The summed E-state index contributed by atoms with van der Waals surface area (Å²) in [5.41, 5.74) is -0.542. The van der Waals surface area contributed by atoms with Crippen LogP contribution < -0.4 is 4.74 Å². The zero-order valence-electron chi connectivity index (χ0n) is 11.6. The predicted molar refractivity (Wildman–Crippen MR) is 82.1 cm³/mol. The van der Waals surface area contributed by atoms with Gasteiger partial charge in [-0.05, 0) is 30.3 Å². The number of rotatable bonds is 3. The smallest absolute Gasteiger partial charge is 0.416 e. The van der Waals surface area contributed by atoms with Crippen molar-refractivity contribution in [1.29, 1.82) is 5.26 Å². The van der Waals surface area contributed by atoms with E-state index in [9.17, 15) is 13.2 Å². The van der Waals surface area contributed by atoms with Crippen LogP contribution in [0.3, 0.4) is 0 Å². The number of halogens is 5. The van der Waals surface area contributed by atoms with Gasteiger partial charge in [0.25, 0.3) is 0 Å². The molecular formula is C15H7Cl2F3N2O2. The highest BCUT2D eigenvalue weighted by Gasteiger charge is 2.32. The van der Waals surface area contributed by atoms with Crippen LogP contribution in [0.1, 0.15) is 16.7 Å². The molecule has 1 N–H and O–H groups in total. The summed E-state index contributed by atoms with van der Waals surface area (Å²) in [4.78, 5) is 0. The average Bonchev–Trinajstić information content (AvgIpc) is 2.50. The Labute approximate surface area is 144 Å². The summed E-state index contributed by atoms with van der Waals surface area (Å²) in [7, 11) is 0. The lowest BCUT2D eigenvalue weighted by Crippen LogP contribution is -2.05. The summed E-state index contributed by atoms with van der Waals surface area (Å²) in [5.74, 6) is -0.0182. The third-order valence-electron chi connectivity index (χ3n) is 2.89. The Morgan fingerprint density at radius 3 is 2.29 bits per heavy atom. The minimum absolute atomic E-state index is 0.146. The average molecular weight is 375 g/mol. The minimum Gasteiger partial charge on any atom is -0.454 e. The second-order valence-electron chi connectivity index (χ2n) is 4.47. The van der Waals surface area contributed by atoms with Gasteiger partial charge in [0.15, 0.2) is 5.75 Å². The molecule has 0 aliphatic heterocycles. The van der Waals surface area contributed by atoms with E-state index in [2.05, 4.69) is 5.16 Å². The van der Waals surface area contributed by atoms with Crippen LogP contribution in [0.2, 0.25) is 10.0 Å². The highest BCUT2D eigenvalue weighted by atomic mass is 35.5. The third-order valence-corrected chi connectivity index (χ3v) is 3.45. The highest BCUT2D eigenvalue weighted by molar-refractivity contribution is 6.37. The van der Waals surface area contributed by atoms with Gasteiger partial charge in [0.1, 0.15) is 5.75 Å². The Balaban J connectivity index is 2.42. The molecule has 0 aromatic heterocycles. The molecule has 9 heteroatoms. The van der Waals surface area contributed by atoms with Crippen molar-refractivity contribution in [2.24, 2.45) is 5.16 Å². The van der Waals surface area contributed by atoms with Crippen molar-refractivity contribution in [3.8, 4) is 17.6 Å². The fourth-order valence-corrected chi connectivity index (χ4v) is 2.38. The zero-order chi connectivity index (χ0) is 17.9. The van der Waals surface area contributed by atoms with Crippen molar-refractivity contribution in [3.63, 3.8) is 0 Å². The minimum atomic E-state index is -4.59. The van der Waals surface area contributed by atoms with E-state index in [0.29, 0.717) is 12.1 Å². The van der Waals surface area contributed by atoms with E-state index in [1.807, 2.05) is 6.07 Å². The van der Waals surface area contributed by atoms with E-state index >= 15 is 0 Å². The zero-order valence-corrected chi connectivity index (χ0v) is 13.1. The van der Waals surface area contributed by atoms with Crippen molar-refractivity contribution >= 4 is 29.4 Å². The molecule has 0 aliphatic rings. The lowest BCUT2D eigenvalue weighted by atomic mass is 10.1. The molecule has 0 spiro atoms. The van der Waals surface area contributed by atoms with Crippen LogP contribution in [-0.4, -0.2) is 11.4 Å². The topological polar surface area (TPSA) is 65.6 Å². The summed E-state index contributed by atoms with van der Waals surface area (Å²) in [6.07, 6.45) is -3.58. The molecule has 4 nitrogen and oxygen atoms in total. The van der Waals surface area contributed by atoms with Gasteiger partial charge in [-0.1, -0.05) is 28.4 Å². The van der Waals surface area contributed by atoms with Crippen LogP contribution in [-0.2, 0) is 6.18 Å². The summed E-state index contributed by atoms with van der Waals surface area (Å²) in [6.45, 7) is 0. The van der Waals surface area contributed by atoms with E-state index in [1.165, 1.54) is 18.2 Å². The first-order valence-electron chi connectivity index (χ1n) is 6.22. The van der Waals surface area contributed by atoms with Crippen molar-refractivity contribution in [2.75, 3.05) is 0 Å². The number of nitriles is 1. The maximum Gasteiger partial charge on any atom is 0.416 e. The third kappa shape index (κ3) is 3.91. The molecule has 0 atom stereocenters. The maximum absolute atomic E-state index is 12.7. The number of hydrogen-bond donors (Lipinski definition) is 1. The molecule has 0 fully saturated rings. The molecule has 0 bridgehead atoms. The van der Waals surface area contributed by atoms with E-state index in [0.717, 1.165) is 6.21 Å². The van der Waals surface area contributed by atoms with Crippen LogP contribution in [0.5, 0.6) is 11.5 Å². The molecule has 24 heavy (non-hydrogen) atoms. The first kappa shape index (κ1) is 17.9. The van der Waals surface area contributed by atoms with Crippen LogP contribution in [0.15, 0.2) is 35.5 Å². The normalized spacial score (nSPS) is 11.5. The summed E-state index contributed by atoms with van der Waals surface area (Å²) in [6, 6.07) is 7.41. The molecule has 0 aliphatic carbocycles. The molecule has 0 heterocycles. The summed E-state index contributed by atoms with van der Waals surface area (Å²) in [5, 5.41) is 19.7. The van der Waals surface area contributed by atoms with Gasteiger partial charge >= 0.3 is 6.18 Å². The number of benzene rings is 2. The number of nitrogens with zero attached hydrogens (tertiary/aromatic N) is 2. The Morgan fingerprint density at radius 2 is 1.79 bits per heavy atom. The van der Waals surface area contributed by atoms with Crippen LogP contribution in [0.4, 0.5) is 13.2 Å². The van der Waals surface area contributed by atoms with Gasteiger partial charge in [-0.25, -0.2) is 0 Å². The largest absolute Gasteiger partial charge is 0.454 e. The number of hydrogen-bond acceptors (Lipinski definition) is 4. The Morgan fingerprint density at radius 1 is 1.17 bits per heavy atom. The van der Waals surface area contributed by atoms with Gasteiger partial charge in [0.05, 0.1) is 33.5 Å². The molecule has 2 rings (SSSR count). The number of alkyl halides is 3. The van der Waals surface area contributed by atoms with Gasteiger partial charge in [-0.3, -0.25) is 0 Å². The highest BCUT2D eigenvalue weighted by Crippen LogP contribution is 2.41. The Bertz CT molecular complexity index is 823. The number of ether oxygens (including phenoxy) is 1. The fourth-order valence-electron chi connectivity index (χ4n) is 1.81. The van der Waals surface area contributed by atoms with Crippen LogP contribution >= 0.6 is 23.2 Å². The summed E-state index contributed by atoms with van der Waals surface area (Å²) >= 11 is 11.6. The molecule has 0 saturated carbocycles. The standard InChI is InChI=1S/C15H7Cl2F3N2O2/c16-12-4-10(15(18,19)20)5-13(17)14(12)24-11-2-1-8(6-21)9(3-11)7-22-23/h1-5,7,23H. The number of oxime groups is 1. The van der Waals surface area contributed by atoms with Crippen molar-refractivity contribution < 1.29 is 23.1 Å². The monoisotopic (exact) mass is 374 g/mol. The molecule has 2 aromatic rings. The SMILES string of the molecule is N#Cc1ccc(Oc2c(Cl)cc(C(F)(F)F)cc2Cl)cc1C=NO. The first-order chi connectivity index (χ1) is 11.3. The lowest BCUT2D eigenvalue weighted by molar-refractivity contribution is -0.137. The fraction of sp³-hybridized carbons (Fsp3) is 0.0667. The summed E-state index contributed by atoms with van der Waals surface area (Å²) < 4.78 is 43.5. The van der Waals surface area contributed by atoms with Gasteiger partial charge in [0, 0.05) is 5.56 Å². The van der Waals surface area contributed by atoms with Crippen LogP contribution in [0.25, 0.3) is 0 Å². The molecule has 0 unspecified atom stereocenters. The molecule has 0 saturated heterocycles. The van der Waals surface area contributed by atoms with E-state index < -0.39 is 11.7 Å². The predicted octanol–water partition coefficient (Wildman–Crippen LogP) is 5.48. The van der Waals surface area contributed by atoms with Crippen molar-refractivity contribution in [3.05, 3.63) is 57.1 Å². The van der Waals surface area contributed by atoms with Gasteiger partial charge in [0.2, 0.25) is 0 Å². The molecule has 124 valence electrons. The second-order valence-corrected chi connectivity index (χ2v) is 5.29. The van der Waals surface area contributed by atoms with Crippen molar-refractivity contribution in [2.45, 2.75) is 6.18 Å². The molecule has 0 amide bonds. The molecule has 0 radical (unpaired) electrons. The quantitative estimate of drug-likeness (QED) is 0.439. The Hall–Kier alpha value is -2.43. The Kier molecular flexibility index (Phi) is 5.22. The van der Waals surface area contributed by atoms with E-state index in [1.54, 1.807) is 0 Å². The van der Waals surface area contributed by atoms with Crippen molar-refractivity contribution in [1.82, 2.24) is 0 Å².